The fraction of sp³-hybridized carbons (Fsp3) is 0.400. The molecule has 1 aliphatic rings. The van der Waals surface area contributed by atoms with E-state index in [4.69, 9.17) is 9.26 Å². The molecule has 0 spiro atoms. The maximum absolute atomic E-state index is 12.7. The SMILES string of the molecule is Cc1cc(C(=O)Nc2nnc([C@H]3CCCO3)s2)c2c(C)noc2n1. The molecule has 124 valence electrons. The number of carbonyl (C=O) groups is 1. The molecule has 1 aliphatic heterocycles. The van der Waals surface area contributed by atoms with Crippen LogP contribution in [0.15, 0.2) is 10.6 Å². The minimum atomic E-state index is -0.285. The summed E-state index contributed by atoms with van der Waals surface area (Å²) in [4.78, 5) is 16.9. The molecule has 1 fully saturated rings. The van der Waals surface area contributed by atoms with Crippen molar-refractivity contribution < 1.29 is 14.1 Å². The number of carbonyl (C=O) groups excluding carboxylic acids is 1. The summed E-state index contributed by atoms with van der Waals surface area (Å²) in [6, 6.07) is 1.71. The zero-order chi connectivity index (χ0) is 16.7. The number of rotatable bonds is 3. The van der Waals surface area contributed by atoms with E-state index in [2.05, 4.69) is 25.7 Å². The topological polar surface area (TPSA) is 103 Å². The smallest absolute Gasteiger partial charge is 0.258 e. The zero-order valence-corrected chi connectivity index (χ0v) is 14.0. The second-order valence-electron chi connectivity index (χ2n) is 5.66. The first kappa shape index (κ1) is 15.2. The van der Waals surface area contributed by atoms with Crippen molar-refractivity contribution >= 4 is 33.5 Å². The predicted octanol–water partition coefficient (Wildman–Crippen LogP) is 2.79. The van der Waals surface area contributed by atoms with Crippen molar-refractivity contribution in [1.29, 1.82) is 0 Å². The number of hydrogen-bond donors (Lipinski definition) is 1. The van der Waals surface area contributed by atoms with Gasteiger partial charge in [-0.05, 0) is 32.8 Å². The third-order valence-corrected chi connectivity index (χ3v) is 4.79. The van der Waals surface area contributed by atoms with Gasteiger partial charge in [0, 0.05) is 12.3 Å². The average molecular weight is 345 g/mol. The van der Waals surface area contributed by atoms with Gasteiger partial charge in [-0.3, -0.25) is 10.1 Å². The summed E-state index contributed by atoms with van der Waals surface area (Å²) in [5, 5.41) is 16.7. The van der Waals surface area contributed by atoms with Crippen LogP contribution in [0.2, 0.25) is 0 Å². The number of ether oxygens (including phenoxy) is 1. The molecule has 8 nitrogen and oxygen atoms in total. The van der Waals surface area contributed by atoms with Crippen molar-refractivity contribution in [3.63, 3.8) is 0 Å². The second-order valence-corrected chi connectivity index (χ2v) is 6.67. The van der Waals surface area contributed by atoms with E-state index in [9.17, 15) is 4.79 Å². The van der Waals surface area contributed by atoms with Gasteiger partial charge in [0.2, 0.25) is 5.13 Å². The Bertz CT molecular complexity index is 913. The summed E-state index contributed by atoms with van der Waals surface area (Å²) in [6.07, 6.45) is 1.95. The highest BCUT2D eigenvalue weighted by atomic mass is 32.1. The molecule has 9 heteroatoms. The number of amides is 1. The van der Waals surface area contributed by atoms with Crippen molar-refractivity contribution in [2.75, 3.05) is 11.9 Å². The molecule has 0 unspecified atom stereocenters. The Hall–Kier alpha value is -2.39. The van der Waals surface area contributed by atoms with Crippen molar-refractivity contribution in [2.24, 2.45) is 0 Å². The Balaban J connectivity index is 1.61. The summed E-state index contributed by atoms with van der Waals surface area (Å²) in [6.45, 7) is 4.32. The van der Waals surface area contributed by atoms with Gasteiger partial charge in [-0.1, -0.05) is 16.5 Å². The number of hydrogen-bond acceptors (Lipinski definition) is 8. The Kier molecular flexibility index (Phi) is 3.73. The van der Waals surface area contributed by atoms with Crippen molar-refractivity contribution in [2.45, 2.75) is 32.8 Å². The van der Waals surface area contributed by atoms with Gasteiger partial charge in [0.25, 0.3) is 11.6 Å². The highest BCUT2D eigenvalue weighted by Gasteiger charge is 2.23. The molecule has 24 heavy (non-hydrogen) atoms. The van der Waals surface area contributed by atoms with E-state index in [0.29, 0.717) is 33.2 Å². The zero-order valence-electron chi connectivity index (χ0n) is 13.2. The molecule has 1 saturated heterocycles. The quantitative estimate of drug-likeness (QED) is 0.778. The van der Waals surface area contributed by atoms with Crippen LogP contribution in [0.1, 0.15) is 45.7 Å². The molecule has 3 aromatic rings. The third-order valence-electron chi connectivity index (χ3n) is 3.86. The maximum atomic E-state index is 12.7. The van der Waals surface area contributed by atoms with E-state index in [0.717, 1.165) is 24.5 Å². The van der Waals surface area contributed by atoms with Crippen LogP contribution in [0.5, 0.6) is 0 Å². The number of aromatic nitrogens is 4. The molecular formula is C15H15N5O3S. The number of fused-ring (bicyclic) bond motifs is 1. The summed E-state index contributed by atoms with van der Waals surface area (Å²) in [7, 11) is 0. The van der Waals surface area contributed by atoms with Crippen LogP contribution in [-0.2, 0) is 4.74 Å². The Labute approximate surface area is 141 Å². The van der Waals surface area contributed by atoms with Crippen LogP contribution in [0.3, 0.4) is 0 Å². The molecule has 1 N–H and O–H groups in total. The molecule has 1 amide bonds. The first-order valence-electron chi connectivity index (χ1n) is 7.62. The molecule has 0 aliphatic carbocycles. The molecular weight excluding hydrogens is 330 g/mol. The van der Waals surface area contributed by atoms with Crippen LogP contribution in [0, 0.1) is 13.8 Å². The van der Waals surface area contributed by atoms with Gasteiger partial charge in [0.1, 0.15) is 11.1 Å². The second kappa shape index (κ2) is 5.91. The van der Waals surface area contributed by atoms with E-state index in [1.807, 2.05) is 0 Å². The first-order valence-corrected chi connectivity index (χ1v) is 8.43. The molecule has 1 atom stereocenters. The number of aryl methyl sites for hydroxylation is 2. The highest BCUT2D eigenvalue weighted by Crippen LogP contribution is 2.32. The van der Waals surface area contributed by atoms with Crippen LogP contribution in [0.25, 0.3) is 11.1 Å². The van der Waals surface area contributed by atoms with Gasteiger partial charge in [-0.2, -0.15) is 0 Å². The monoisotopic (exact) mass is 345 g/mol. The summed E-state index contributed by atoms with van der Waals surface area (Å²) < 4.78 is 10.7. The average Bonchev–Trinajstić information content (AvgIpc) is 3.27. The summed E-state index contributed by atoms with van der Waals surface area (Å²) in [5.41, 5.74) is 2.13. The van der Waals surface area contributed by atoms with Crippen molar-refractivity contribution in [1.82, 2.24) is 20.3 Å². The van der Waals surface area contributed by atoms with Gasteiger partial charge >= 0.3 is 0 Å². The highest BCUT2D eigenvalue weighted by molar-refractivity contribution is 7.15. The van der Waals surface area contributed by atoms with Crippen LogP contribution >= 0.6 is 11.3 Å². The standard InChI is InChI=1S/C15H15N5O3S/c1-7-6-9(11-8(2)20-23-13(11)16-7)12(21)17-15-19-18-14(24-15)10-4-3-5-22-10/h6,10H,3-5H2,1-2H3,(H,17,19,21)/t10-/m1/s1. The lowest BCUT2D eigenvalue weighted by atomic mass is 10.1. The minimum absolute atomic E-state index is 0.0108. The van der Waals surface area contributed by atoms with Gasteiger partial charge in [0.15, 0.2) is 0 Å². The normalized spacial score (nSPS) is 17.5. The molecule has 0 saturated carbocycles. The van der Waals surface area contributed by atoms with Gasteiger partial charge < -0.3 is 9.26 Å². The number of anilines is 1. The molecule has 4 rings (SSSR count). The molecule has 0 radical (unpaired) electrons. The van der Waals surface area contributed by atoms with Gasteiger partial charge in [-0.15, -0.1) is 10.2 Å². The van der Waals surface area contributed by atoms with E-state index in [1.54, 1.807) is 19.9 Å². The lowest BCUT2D eigenvalue weighted by molar-refractivity contribution is 0.102. The van der Waals surface area contributed by atoms with Crippen molar-refractivity contribution in [3.8, 4) is 0 Å². The Morgan fingerprint density at radius 3 is 3.04 bits per heavy atom. The Morgan fingerprint density at radius 2 is 2.25 bits per heavy atom. The van der Waals surface area contributed by atoms with E-state index < -0.39 is 0 Å². The fourth-order valence-electron chi connectivity index (χ4n) is 2.75. The minimum Gasteiger partial charge on any atom is -0.371 e. The number of nitrogens with zero attached hydrogens (tertiary/aromatic N) is 4. The number of nitrogens with one attached hydrogen (secondary N) is 1. The first-order chi connectivity index (χ1) is 11.6. The summed E-state index contributed by atoms with van der Waals surface area (Å²) >= 11 is 1.34. The fourth-order valence-corrected chi connectivity index (χ4v) is 3.57. The van der Waals surface area contributed by atoms with Crippen LogP contribution in [-0.4, -0.2) is 32.9 Å². The molecule has 0 aromatic carbocycles. The molecule has 3 aromatic heterocycles. The number of pyridine rings is 1. The lowest BCUT2D eigenvalue weighted by Crippen LogP contribution is -2.13. The van der Waals surface area contributed by atoms with Gasteiger partial charge in [-0.25, -0.2) is 4.98 Å². The van der Waals surface area contributed by atoms with Crippen molar-refractivity contribution in [3.05, 3.63) is 28.0 Å². The van der Waals surface area contributed by atoms with Crippen LogP contribution < -0.4 is 5.32 Å². The van der Waals surface area contributed by atoms with E-state index >= 15 is 0 Å². The lowest BCUT2D eigenvalue weighted by Gasteiger charge is -2.04. The summed E-state index contributed by atoms with van der Waals surface area (Å²) in [5.74, 6) is -0.285. The molecule has 0 bridgehead atoms. The molecule has 4 heterocycles. The third kappa shape index (κ3) is 2.65. The maximum Gasteiger partial charge on any atom is 0.258 e. The Morgan fingerprint density at radius 1 is 1.38 bits per heavy atom. The van der Waals surface area contributed by atoms with E-state index in [-0.39, 0.29) is 12.0 Å². The van der Waals surface area contributed by atoms with Crippen LogP contribution in [0.4, 0.5) is 5.13 Å². The largest absolute Gasteiger partial charge is 0.371 e. The predicted molar refractivity (Wildman–Crippen MR) is 87.1 cm³/mol. The van der Waals surface area contributed by atoms with E-state index in [1.165, 1.54) is 11.3 Å². The van der Waals surface area contributed by atoms with Gasteiger partial charge in [0.05, 0.1) is 16.6 Å².